The van der Waals surface area contributed by atoms with E-state index in [0.717, 1.165) is 11.3 Å². The van der Waals surface area contributed by atoms with E-state index in [1.807, 2.05) is 57.2 Å². The van der Waals surface area contributed by atoms with Gasteiger partial charge in [0.25, 0.3) is 11.8 Å². The fourth-order valence-electron chi connectivity index (χ4n) is 3.27. The first-order valence-corrected chi connectivity index (χ1v) is 11.0. The van der Waals surface area contributed by atoms with Crippen LogP contribution in [0.4, 0.5) is 11.4 Å². The molecule has 0 aliphatic rings. The number of amides is 2. The number of rotatable bonds is 8. The number of aryl methyl sites for hydroxylation is 3. The van der Waals surface area contributed by atoms with E-state index in [0.29, 0.717) is 23.7 Å². The van der Waals surface area contributed by atoms with Gasteiger partial charge in [-0.25, -0.2) is 0 Å². The van der Waals surface area contributed by atoms with E-state index in [9.17, 15) is 9.59 Å². The number of para-hydroxylation sites is 1. The van der Waals surface area contributed by atoms with Crippen molar-refractivity contribution in [1.29, 1.82) is 0 Å². The van der Waals surface area contributed by atoms with Gasteiger partial charge >= 0.3 is 0 Å². The second-order valence-corrected chi connectivity index (χ2v) is 7.82. The summed E-state index contributed by atoms with van der Waals surface area (Å²) in [6, 6.07) is 18.2. The van der Waals surface area contributed by atoms with E-state index in [2.05, 4.69) is 15.7 Å². The van der Waals surface area contributed by atoms with Crippen molar-refractivity contribution in [1.82, 2.24) is 9.78 Å². The molecule has 2 amide bonds. The summed E-state index contributed by atoms with van der Waals surface area (Å²) in [5, 5.41) is 9.81. The van der Waals surface area contributed by atoms with E-state index in [1.165, 1.54) is 5.56 Å². The summed E-state index contributed by atoms with van der Waals surface area (Å²) in [5.74, 6) is 0.441. The maximum Gasteiger partial charge on any atom is 0.291 e. The molecule has 0 saturated carbocycles. The van der Waals surface area contributed by atoms with E-state index in [4.69, 9.17) is 9.15 Å². The van der Waals surface area contributed by atoms with Gasteiger partial charge in [-0.05, 0) is 68.3 Å². The van der Waals surface area contributed by atoms with Gasteiger partial charge < -0.3 is 19.8 Å². The molecular weight excluding hydrogens is 432 g/mol. The zero-order chi connectivity index (χ0) is 24.1. The minimum absolute atomic E-state index is 0.109. The molecular formula is C26H26N4O4. The molecule has 0 radical (unpaired) electrons. The van der Waals surface area contributed by atoms with Crippen LogP contribution in [0.3, 0.4) is 0 Å². The zero-order valence-corrected chi connectivity index (χ0v) is 19.3. The molecule has 174 valence electrons. The van der Waals surface area contributed by atoms with Crippen LogP contribution in [0.1, 0.15) is 44.9 Å². The van der Waals surface area contributed by atoms with Gasteiger partial charge in [-0.15, -0.1) is 0 Å². The third-order valence-corrected chi connectivity index (χ3v) is 5.33. The first-order valence-electron chi connectivity index (χ1n) is 11.0. The summed E-state index contributed by atoms with van der Waals surface area (Å²) >= 11 is 0. The van der Waals surface area contributed by atoms with Crippen molar-refractivity contribution in [2.45, 2.75) is 33.9 Å². The van der Waals surface area contributed by atoms with Crippen molar-refractivity contribution < 1.29 is 18.7 Å². The Balaban J connectivity index is 1.43. The van der Waals surface area contributed by atoms with Crippen molar-refractivity contribution in [2.75, 3.05) is 10.6 Å². The molecule has 0 atom stereocenters. The maximum absolute atomic E-state index is 12.8. The molecule has 34 heavy (non-hydrogen) atoms. The van der Waals surface area contributed by atoms with Gasteiger partial charge in [0.2, 0.25) is 0 Å². The highest BCUT2D eigenvalue weighted by Crippen LogP contribution is 2.21. The van der Waals surface area contributed by atoms with Crippen molar-refractivity contribution in [3.63, 3.8) is 0 Å². The second-order valence-electron chi connectivity index (χ2n) is 7.82. The van der Waals surface area contributed by atoms with E-state index in [-0.39, 0.29) is 18.1 Å². The molecule has 2 N–H and O–H groups in total. The minimum Gasteiger partial charge on any atom is -0.486 e. The Morgan fingerprint density at radius 2 is 1.76 bits per heavy atom. The Morgan fingerprint density at radius 1 is 0.971 bits per heavy atom. The normalized spacial score (nSPS) is 10.7. The van der Waals surface area contributed by atoms with Crippen molar-refractivity contribution in [2.24, 2.45) is 0 Å². The van der Waals surface area contributed by atoms with E-state index >= 15 is 0 Å². The molecule has 0 fully saturated rings. The Hall–Kier alpha value is -4.33. The summed E-state index contributed by atoms with van der Waals surface area (Å²) < 4.78 is 13.0. The zero-order valence-electron chi connectivity index (χ0n) is 19.3. The molecule has 0 aliphatic carbocycles. The molecule has 0 bridgehead atoms. The average Bonchev–Trinajstić information content (AvgIpc) is 3.48. The summed E-state index contributed by atoms with van der Waals surface area (Å²) in [4.78, 5) is 25.6. The van der Waals surface area contributed by atoms with Gasteiger partial charge in [0.05, 0.1) is 5.69 Å². The number of carbonyl (C=O) groups excluding carboxylic acids is 2. The van der Waals surface area contributed by atoms with Gasteiger partial charge in [0.15, 0.2) is 11.5 Å². The highest BCUT2D eigenvalue weighted by molar-refractivity contribution is 6.10. The minimum atomic E-state index is -0.484. The van der Waals surface area contributed by atoms with Gasteiger partial charge in [0, 0.05) is 18.4 Å². The lowest BCUT2D eigenvalue weighted by molar-refractivity contribution is 0.0992. The van der Waals surface area contributed by atoms with Gasteiger partial charge in [0.1, 0.15) is 18.1 Å². The average molecular weight is 459 g/mol. The molecule has 2 aromatic heterocycles. The topological polar surface area (TPSA) is 98.4 Å². The predicted octanol–water partition coefficient (Wildman–Crippen LogP) is 5.20. The first-order chi connectivity index (χ1) is 16.4. The van der Waals surface area contributed by atoms with Crippen LogP contribution in [0.2, 0.25) is 0 Å². The molecule has 0 spiro atoms. The smallest absolute Gasteiger partial charge is 0.291 e. The van der Waals surface area contributed by atoms with Crippen molar-refractivity contribution in [3.8, 4) is 5.75 Å². The van der Waals surface area contributed by atoms with Gasteiger partial charge in [-0.2, -0.15) is 5.10 Å². The quantitative estimate of drug-likeness (QED) is 0.378. The number of hydrogen-bond donors (Lipinski definition) is 2. The lowest BCUT2D eigenvalue weighted by Gasteiger charge is -2.07. The van der Waals surface area contributed by atoms with Crippen LogP contribution < -0.4 is 15.4 Å². The molecule has 4 rings (SSSR count). The van der Waals surface area contributed by atoms with Crippen LogP contribution in [0.5, 0.6) is 5.75 Å². The number of anilines is 2. The lowest BCUT2D eigenvalue weighted by atomic mass is 10.1. The predicted molar refractivity (Wildman–Crippen MR) is 129 cm³/mol. The molecule has 0 saturated heterocycles. The van der Waals surface area contributed by atoms with Crippen LogP contribution in [-0.2, 0) is 13.2 Å². The van der Waals surface area contributed by atoms with Crippen LogP contribution >= 0.6 is 0 Å². The molecule has 4 aromatic rings. The molecule has 2 aromatic carbocycles. The number of nitrogens with zero attached hydrogens (tertiary/aromatic N) is 2. The molecule has 8 nitrogen and oxygen atoms in total. The lowest BCUT2D eigenvalue weighted by Crippen LogP contribution is -2.17. The van der Waals surface area contributed by atoms with E-state index < -0.39 is 11.8 Å². The maximum atomic E-state index is 12.8. The SMILES string of the molecule is CCn1cc(NC(=O)c2ccc(COc3ccc(C)c(C)c3)o2)c(C(=O)Nc2ccccc2)n1. The summed E-state index contributed by atoms with van der Waals surface area (Å²) in [6.07, 6.45) is 1.62. The number of benzene rings is 2. The van der Waals surface area contributed by atoms with Crippen molar-refractivity contribution in [3.05, 3.63) is 95.2 Å². The third kappa shape index (κ3) is 5.35. The summed E-state index contributed by atoms with van der Waals surface area (Å²) in [6.45, 7) is 6.69. The molecule has 0 aliphatic heterocycles. The standard InChI is InChI=1S/C26H26N4O4/c1-4-30-15-22(24(29-30)26(32)27-19-8-6-5-7-9-19)28-25(31)23-13-12-21(34-23)16-33-20-11-10-17(2)18(3)14-20/h5-15H,4,16H2,1-3H3,(H,27,32)(H,28,31). The summed E-state index contributed by atoms with van der Waals surface area (Å²) in [5.41, 5.74) is 3.37. The van der Waals surface area contributed by atoms with Crippen LogP contribution in [0.15, 0.2) is 71.3 Å². The number of aromatic nitrogens is 2. The number of nitrogens with one attached hydrogen (secondary N) is 2. The van der Waals surface area contributed by atoms with Gasteiger partial charge in [-0.1, -0.05) is 24.3 Å². The van der Waals surface area contributed by atoms with Crippen molar-refractivity contribution >= 4 is 23.2 Å². The Labute approximate surface area is 197 Å². The Morgan fingerprint density at radius 3 is 2.50 bits per heavy atom. The Kier molecular flexibility index (Phi) is 6.77. The Bertz CT molecular complexity index is 1310. The number of hydrogen-bond acceptors (Lipinski definition) is 5. The molecule has 0 unspecified atom stereocenters. The first kappa shape index (κ1) is 22.8. The fourth-order valence-corrected chi connectivity index (χ4v) is 3.27. The third-order valence-electron chi connectivity index (χ3n) is 5.33. The second kappa shape index (κ2) is 10.1. The van der Waals surface area contributed by atoms with Gasteiger partial charge in [-0.3, -0.25) is 14.3 Å². The van der Waals surface area contributed by atoms with Crippen LogP contribution in [0.25, 0.3) is 0 Å². The highest BCUT2D eigenvalue weighted by atomic mass is 16.5. The summed E-state index contributed by atoms with van der Waals surface area (Å²) in [7, 11) is 0. The van der Waals surface area contributed by atoms with Crippen LogP contribution in [-0.4, -0.2) is 21.6 Å². The number of ether oxygens (including phenoxy) is 1. The molecule has 2 heterocycles. The number of furan rings is 1. The van der Waals surface area contributed by atoms with E-state index in [1.54, 1.807) is 35.1 Å². The molecule has 8 heteroatoms. The number of carbonyl (C=O) groups is 2. The largest absolute Gasteiger partial charge is 0.486 e. The fraction of sp³-hybridized carbons (Fsp3) is 0.192. The highest BCUT2D eigenvalue weighted by Gasteiger charge is 2.21. The monoisotopic (exact) mass is 458 g/mol. The van der Waals surface area contributed by atoms with Crippen LogP contribution in [0, 0.1) is 13.8 Å².